The van der Waals surface area contributed by atoms with Crippen molar-refractivity contribution >= 4 is 21.9 Å². The predicted molar refractivity (Wildman–Crippen MR) is 123 cm³/mol. The maximum absolute atomic E-state index is 14.4. The van der Waals surface area contributed by atoms with Crippen LogP contribution in [0.2, 0.25) is 0 Å². The molecule has 8 heteroatoms. The summed E-state index contributed by atoms with van der Waals surface area (Å²) in [6.45, 7) is 0. The normalized spacial score (nSPS) is 18.4. The van der Waals surface area contributed by atoms with Crippen molar-refractivity contribution in [3.63, 3.8) is 0 Å². The molecular formula is C26H19F3NO3S-. The number of nitrogens with two attached hydrogens (primary N) is 1. The van der Waals surface area contributed by atoms with Crippen LogP contribution in [0.4, 0.5) is 13.2 Å². The number of halogens is 3. The first-order chi connectivity index (χ1) is 16.3. The second kappa shape index (κ2) is 8.87. The van der Waals surface area contributed by atoms with Gasteiger partial charge in [-0.3, -0.25) is 4.21 Å². The lowest BCUT2D eigenvalue weighted by Crippen LogP contribution is -2.38. The average molecular weight is 483 g/mol. The summed E-state index contributed by atoms with van der Waals surface area (Å²) in [6, 6.07) is 17.4. The van der Waals surface area contributed by atoms with E-state index in [1.165, 1.54) is 0 Å². The van der Waals surface area contributed by atoms with Gasteiger partial charge < -0.3 is 15.0 Å². The third kappa shape index (κ3) is 4.20. The highest BCUT2D eigenvalue weighted by Crippen LogP contribution is 2.40. The van der Waals surface area contributed by atoms with Gasteiger partial charge in [-0.2, -0.15) is 0 Å². The summed E-state index contributed by atoms with van der Waals surface area (Å²) in [5.74, 6) is -2.92. The standard InChI is InChI=1S/C26H20F3NO3S/c27-21-12-23(29)22(28)10-20(21)26-24(30)11-19-18-9-17(5-4-15(18)6-7-25(19)33-26)16-3-1-2-14(8-16)13-34(31)32/h1-10,12,24,26H,11,13,30H2,(H,31,32)/p-1/t24-,26+/m0/s1. The number of benzene rings is 4. The number of ether oxygens (including phenoxy) is 1. The van der Waals surface area contributed by atoms with Crippen molar-refractivity contribution in [1.82, 2.24) is 0 Å². The van der Waals surface area contributed by atoms with Crippen LogP contribution in [0, 0.1) is 17.5 Å². The lowest BCUT2D eigenvalue weighted by Gasteiger charge is -2.32. The summed E-state index contributed by atoms with van der Waals surface area (Å²) in [7, 11) is 0. The minimum atomic E-state index is -2.18. The molecule has 1 unspecified atom stereocenters. The molecule has 0 fully saturated rings. The molecule has 3 atom stereocenters. The zero-order valence-electron chi connectivity index (χ0n) is 17.8. The first-order valence-corrected chi connectivity index (χ1v) is 11.8. The van der Waals surface area contributed by atoms with Crippen molar-refractivity contribution in [1.29, 1.82) is 0 Å². The van der Waals surface area contributed by atoms with Gasteiger partial charge in [0.2, 0.25) is 0 Å². The van der Waals surface area contributed by atoms with Crippen LogP contribution >= 0.6 is 0 Å². The summed E-state index contributed by atoms with van der Waals surface area (Å²) < 4.78 is 69.7. The van der Waals surface area contributed by atoms with Gasteiger partial charge in [-0.1, -0.05) is 53.5 Å². The summed E-state index contributed by atoms with van der Waals surface area (Å²) in [6.07, 6.45) is -0.623. The summed E-state index contributed by atoms with van der Waals surface area (Å²) in [5.41, 5.74) is 9.47. The number of fused-ring (bicyclic) bond motifs is 3. The van der Waals surface area contributed by atoms with Gasteiger partial charge >= 0.3 is 0 Å². The highest BCUT2D eigenvalue weighted by Gasteiger charge is 2.32. The molecule has 1 heterocycles. The molecule has 0 bridgehead atoms. The first-order valence-electron chi connectivity index (χ1n) is 10.6. The molecule has 2 N–H and O–H groups in total. The van der Waals surface area contributed by atoms with E-state index < -0.39 is 40.7 Å². The van der Waals surface area contributed by atoms with Gasteiger partial charge in [-0.15, -0.1) is 0 Å². The molecular weight excluding hydrogens is 463 g/mol. The molecule has 0 spiro atoms. The molecule has 0 aromatic heterocycles. The molecule has 4 nitrogen and oxygen atoms in total. The highest BCUT2D eigenvalue weighted by atomic mass is 32.2. The van der Waals surface area contributed by atoms with E-state index in [1.54, 1.807) is 12.1 Å². The van der Waals surface area contributed by atoms with E-state index >= 15 is 0 Å². The quantitative estimate of drug-likeness (QED) is 0.316. The Bertz CT molecular complexity index is 1440. The largest absolute Gasteiger partial charge is 0.772 e. The van der Waals surface area contributed by atoms with Crippen molar-refractivity contribution in [2.24, 2.45) is 5.73 Å². The van der Waals surface area contributed by atoms with Crippen molar-refractivity contribution < 1.29 is 26.7 Å². The molecule has 0 aliphatic carbocycles. The molecule has 174 valence electrons. The second-order valence-corrected chi connectivity index (χ2v) is 9.22. The SMILES string of the molecule is N[C@H]1Cc2c(ccc3ccc(-c4cccc(CS(=O)[O-])c4)cc23)O[C@@H]1c1cc(F)c(F)cc1F. The Labute approximate surface area is 196 Å². The van der Waals surface area contributed by atoms with Gasteiger partial charge in [0, 0.05) is 22.9 Å². The minimum absolute atomic E-state index is 0.0680. The Morgan fingerprint density at radius 1 is 0.941 bits per heavy atom. The minimum Gasteiger partial charge on any atom is -0.772 e. The predicted octanol–water partition coefficient (Wildman–Crippen LogP) is 5.31. The van der Waals surface area contributed by atoms with Gasteiger partial charge in [-0.05, 0) is 52.1 Å². The van der Waals surface area contributed by atoms with Crippen LogP contribution in [0.5, 0.6) is 5.75 Å². The van der Waals surface area contributed by atoms with Crippen LogP contribution in [0.25, 0.3) is 21.9 Å². The van der Waals surface area contributed by atoms with Gasteiger partial charge in [0.25, 0.3) is 0 Å². The molecule has 0 saturated carbocycles. The van der Waals surface area contributed by atoms with Crippen LogP contribution in [0.3, 0.4) is 0 Å². The zero-order valence-corrected chi connectivity index (χ0v) is 18.6. The molecule has 34 heavy (non-hydrogen) atoms. The van der Waals surface area contributed by atoms with Gasteiger partial charge in [0.1, 0.15) is 17.7 Å². The Kier molecular flexibility index (Phi) is 5.89. The zero-order chi connectivity index (χ0) is 24.0. The summed E-state index contributed by atoms with van der Waals surface area (Å²) >= 11 is -2.18. The first kappa shape index (κ1) is 22.6. The van der Waals surface area contributed by atoms with Crippen LogP contribution in [-0.4, -0.2) is 14.8 Å². The van der Waals surface area contributed by atoms with Crippen molar-refractivity contribution in [2.45, 2.75) is 24.3 Å². The van der Waals surface area contributed by atoms with E-state index in [9.17, 15) is 21.9 Å². The fourth-order valence-electron chi connectivity index (χ4n) is 4.46. The monoisotopic (exact) mass is 482 g/mol. The fourth-order valence-corrected chi connectivity index (χ4v) is 4.91. The van der Waals surface area contributed by atoms with E-state index in [0.29, 0.717) is 23.8 Å². The molecule has 1 aliphatic heterocycles. The molecule has 0 amide bonds. The maximum atomic E-state index is 14.4. The van der Waals surface area contributed by atoms with Crippen LogP contribution in [-0.2, 0) is 23.3 Å². The lowest BCUT2D eigenvalue weighted by atomic mass is 9.89. The number of hydrogen-bond acceptors (Lipinski definition) is 4. The third-order valence-corrected chi connectivity index (χ3v) is 6.63. The van der Waals surface area contributed by atoms with Crippen LogP contribution < -0.4 is 10.5 Å². The molecule has 5 rings (SSSR count). The lowest BCUT2D eigenvalue weighted by molar-refractivity contribution is 0.149. The smallest absolute Gasteiger partial charge is 0.161 e. The van der Waals surface area contributed by atoms with Crippen LogP contribution in [0.1, 0.15) is 22.8 Å². The Morgan fingerprint density at radius 3 is 2.47 bits per heavy atom. The highest BCUT2D eigenvalue weighted by molar-refractivity contribution is 7.78. The molecule has 4 aromatic rings. The van der Waals surface area contributed by atoms with Crippen molar-refractivity contribution in [2.75, 3.05) is 0 Å². The Hall–Kier alpha value is -3.20. The van der Waals surface area contributed by atoms with E-state index in [-0.39, 0.29) is 11.3 Å². The van der Waals surface area contributed by atoms with Gasteiger partial charge in [0.15, 0.2) is 11.6 Å². The Morgan fingerprint density at radius 2 is 1.68 bits per heavy atom. The average Bonchev–Trinajstić information content (AvgIpc) is 2.80. The topological polar surface area (TPSA) is 75.4 Å². The Balaban J connectivity index is 1.55. The number of hydrogen-bond donors (Lipinski definition) is 1. The maximum Gasteiger partial charge on any atom is 0.161 e. The number of rotatable bonds is 4. The molecule has 4 aromatic carbocycles. The fraction of sp³-hybridized carbons (Fsp3) is 0.154. The second-order valence-electron chi connectivity index (χ2n) is 8.32. The van der Waals surface area contributed by atoms with E-state index in [0.717, 1.165) is 33.5 Å². The molecule has 0 saturated heterocycles. The molecule has 1 aliphatic rings. The van der Waals surface area contributed by atoms with E-state index in [1.807, 2.05) is 42.5 Å². The van der Waals surface area contributed by atoms with Gasteiger partial charge in [-0.25, -0.2) is 13.2 Å². The molecule has 0 radical (unpaired) electrons. The van der Waals surface area contributed by atoms with Crippen molar-refractivity contribution in [3.05, 3.63) is 101 Å². The third-order valence-electron chi connectivity index (χ3n) is 6.06. The van der Waals surface area contributed by atoms with Gasteiger partial charge in [0.05, 0.1) is 6.04 Å². The van der Waals surface area contributed by atoms with E-state index in [2.05, 4.69) is 0 Å². The van der Waals surface area contributed by atoms with Crippen LogP contribution in [0.15, 0.2) is 66.7 Å². The summed E-state index contributed by atoms with van der Waals surface area (Å²) in [4.78, 5) is 0. The summed E-state index contributed by atoms with van der Waals surface area (Å²) in [5, 5.41) is 1.85. The van der Waals surface area contributed by atoms with E-state index in [4.69, 9.17) is 10.5 Å². The van der Waals surface area contributed by atoms with Crippen molar-refractivity contribution in [3.8, 4) is 16.9 Å².